The van der Waals surface area contributed by atoms with Gasteiger partial charge >= 0.3 is 0 Å². The Kier molecular flexibility index (Phi) is 5.09. The van der Waals surface area contributed by atoms with Crippen LogP contribution in [0.4, 0.5) is 0 Å². The monoisotopic (exact) mass is 391 g/mol. The maximum atomic E-state index is 13.9. The first-order valence-electron chi connectivity index (χ1n) is 10.4. The third kappa shape index (κ3) is 2.93. The van der Waals surface area contributed by atoms with Crippen molar-refractivity contribution in [2.24, 2.45) is 0 Å². The summed E-state index contributed by atoms with van der Waals surface area (Å²) in [5, 5.41) is 10.3. The smallest absolute Gasteiger partial charge is 0.235 e. The molecule has 1 amide bonds. The fraction of sp³-hybridized carbons (Fsp3) is 0.400. The molecule has 0 aromatic heterocycles. The second kappa shape index (κ2) is 7.43. The molecule has 1 N–H and O–H groups in total. The standard InChI is InChI=1S/C25H29NO3/c1-4-5-11-16-24(2)19-14-9-10-15-20(19)25(3)26(23(24)28)21(17-27)22(29-25)18-12-7-6-8-13-18/h4,6-10,12-15,21-22,27H,1,5,11,16-17H2,2-3H3/t21-,22-,24-,25+/m0/s1. The molecule has 152 valence electrons. The van der Waals surface area contributed by atoms with Crippen LogP contribution in [-0.4, -0.2) is 28.6 Å². The zero-order valence-electron chi connectivity index (χ0n) is 17.2. The molecule has 4 rings (SSSR count). The van der Waals surface area contributed by atoms with Crippen molar-refractivity contribution in [2.75, 3.05) is 6.61 Å². The molecule has 2 aromatic carbocycles. The lowest BCUT2D eigenvalue weighted by atomic mass is 9.69. The highest BCUT2D eigenvalue weighted by molar-refractivity contribution is 5.91. The Morgan fingerprint density at radius 3 is 2.41 bits per heavy atom. The lowest BCUT2D eigenvalue weighted by molar-refractivity contribution is -0.164. The van der Waals surface area contributed by atoms with Crippen molar-refractivity contribution < 1.29 is 14.6 Å². The Morgan fingerprint density at radius 1 is 1.10 bits per heavy atom. The summed E-state index contributed by atoms with van der Waals surface area (Å²) < 4.78 is 6.59. The molecular formula is C25H29NO3. The van der Waals surface area contributed by atoms with Crippen molar-refractivity contribution in [3.8, 4) is 0 Å². The summed E-state index contributed by atoms with van der Waals surface area (Å²) in [5.41, 5.74) is 1.46. The van der Waals surface area contributed by atoms with Crippen LogP contribution in [0, 0.1) is 0 Å². The van der Waals surface area contributed by atoms with E-state index in [1.165, 1.54) is 0 Å². The second-order valence-corrected chi connectivity index (χ2v) is 8.42. The number of carbonyl (C=O) groups is 1. The molecule has 1 saturated heterocycles. The van der Waals surface area contributed by atoms with E-state index in [0.717, 1.165) is 36.0 Å². The number of unbranched alkanes of at least 4 members (excludes halogenated alkanes) is 1. The molecule has 1 fully saturated rings. The van der Waals surface area contributed by atoms with Crippen molar-refractivity contribution in [1.29, 1.82) is 0 Å². The van der Waals surface area contributed by atoms with Gasteiger partial charge in [-0.15, -0.1) is 6.58 Å². The number of fused-ring (bicyclic) bond motifs is 3. The van der Waals surface area contributed by atoms with Crippen LogP contribution in [-0.2, 0) is 20.7 Å². The maximum Gasteiger partial charge on any atom is 0.235 e. The zero-order valence-corrected chi connectivity index (χ0v) is 17.2. The van der Waals surface area contributed by atoms with E-state index in [2.05, 4.69) is 18.7 Å². The average Bonchev–Trinajstić information content (AvgIpc) is 3.07. The summed E-state index contributed by atoms with van der Waals surface area (Å²) in [6.07, 6.45) is 4.01. The van der Waals surface area contributed by atoms with Gasteiger partial charge in [0.25, 0.3) is 0 Å². The van der Waals surface area contributed by atoms with E-state index in [1.807, 2.05) is 62.4 Å². The van der Waals surface area contributed by atoms with Crippen molar-refractivity contribution in [1.82, 2.24) is 4.90 Å². The number of ether oxygens (including phenoxy) is 1. The van der Waals surface area contributed by atoms with Crippen LogP contribution < -0.4 is 0 Å². The number of hydrogen-bond acceptors (Lipinski definition) is 3. The third-order valence-electron chi connectivity index (χ3n) is 6.61. The van der Waals surface area contributed by atoms with Gasteiger partial charge in [-0.1, -0.05) is 60.7 Å². The number of amides is 1. The molecule has 0 saturated carbocycles. The molecule has 2 aliphatic rings. The van der Waals surface area contributed by atoms with Gasteiger partial charge in [0.15, 0.2) is 5.72 Å². The van der Waals surface area contributed by atoms with Gasteiger partial charge in [0.2, 0.25) is 5.91 Å². The summed E-state index contributed by atoms with van der Waals surface area (Å²) in [4.78, 5) is 15.8. The Hall–Kier alpha value is -2.43. The average molecular weight is 392 g/mol. The van der Waals surface area contributed by atoms with Gasteiger partial charge in [0.1, 0.15) is 6.10 Å². The molecule has 4 nitrogen and oxygen atoms in total. The molecule has 0 bridgehead atoms. The summed E-state index contributed by atoms with van der Waals surface area (Å²) >= 11 is 0. The van der Waals surface area contributed by atoms with Gasteiger partial charge in [0.05, 0.1) is 18.1 Å². The summed E-state index contributed by atoms with van der Waals surface area (Å²) in [5.74, 6) is 0.0280. The van der Waals surface area contributed by atoms with Crippen molar-refractivity contribution in [3.05, 3.63) is 83.9 Å². The van der Waals surface area contributed by atoms with E-state index in [1.54, 1.807) is 4.90 Å². The first kappa shape index (κ1) is 19.9. The van der Waals surface area contributed by atoms with Gasteiger partial charge in [-0.25, -0.2) is 0 Å². The number of rotatable bonds is 6. The molecular weight excluding hydrogens is 362 g/mol. The minimum absolute atomic E-state index is 0.0280. The van der Waals surface area contributed by atoms with Gasteiger partial charge in [-0.2, -0.15) is 0 Å². The van der Waals surface area contributed by atoms with Crippen LogP contribution in [0.5, 0.6) is 0 Å². The first-order valence-corrected chi connectivity index (χ1v) is 10.4. The van der Waals surface area contributed by atoms with Crippen molar-refractivity contribution >= 4 is 5.91 Å². The molecule has 0 aliphatic carbocycles. The largest absolute Gasteiger partial charge is 0.394 e. The van der Waals surface area contributed by atoms with Crippen LogP contribution in [0.3, 0.4) is 0 Å². The van der Waals surface area contributed by atoms with Gasteiger partial charge in [-0.3, -0.25) is 4.79 Å². The molecule has 0 unspecified atom stereocenters. The highest BCUT2D eigenvalue weighted by Crippen LogP contribution is 2.54. The number of benzene rings is 2. The van der Waals surface area contributed by atoms with Crippen molar-refractivity contribution in [3.63, 3.8) is 0 Å². The van der Waals surface area contributed by atoms with Crippen LogP contribution in [0.2, 0.25) is 0 Å². The molecule has 4 atom stereocenters. The van der Waals surface area contributed by atoms with Crippen LogP contribution in [0.1, 0.15) is 55.9 Å². The van der Waals surface area contributed by atoms with Gasteiger partial charge in [-0.05, 0) is 44.2 Å². The Bertz CT molecular complexity index is 911. The highest BCUT2D eigenvalue weighted by Gasteiger charge is 2.61. The van der Waals surface area contributed by atoms with E-state index < -0.39 is 17.2 Å². The van der Waals surface area contributed by atoms with E-state index in [0.29, 0.717) is 0 Å². The summed E-state index contributed by atoms with van der Waals surface area (Å²) in [6.45, 7) is 7.65. The van der Waals surface area contributed by atoms with Crippen LogP contribution in [0.15, 0.2) is 67.3 Å². The molecule has 2 aliphatic heterocycles. The number of aliphatic hydroxyl groups is 1. The Labute approximate surface area is 172 Å². The lowest BCUT2D eigenvalue weighted by Gasteiger charge is -2.48. The highest BCUT2D eigenvalue weighted by atomic mass is 16.5. The lowest BCUT2D eigenvalue weighted by Crippen LogP contribution is -2.60. The molecule has 4 heteroatoms. The Balaban J connectivity index is 1.84. The molecule has 2 heterocycles. The summed E-state index contributed by atoms with van der Waals surface area (Å²) in [7, 11) is 0. The van der Waals surface area contributed by atoms with Crippen LogP contribution >= 0.6 is 0 Å². The quantitative estimate of drug-likeness (QED) is 0.585. The van der Waals surface area contributed by atoms with Crippen LogP contribution in [0.25, 0.3) is 0 Å². The van der Waals surface area contributed by atoms with Gasteiger partial charge < -0.3 is 14.7 Å². The van der Waals surface area contributed by atoms with Gasteiger partial charge in [0, 0.05) is 5.56 Å². The topological polar surface area (TPSA) is 49.8 Å². The number of hydrogen-bond donors (Lipinski definition) is 1. The fourth-order valence-electron chi connectivity index (χ4n) is 5.07. The number of carbonyl (C=O) groups excluding carboxylic acids is 1. The number of nitrogens with zero attached hydrogens (tertiary/aromatic N) is 1. The predicted octanol–water partition coefficient (Wildman–Crippen LogP) is 4.45. The molecule has 0 spiro atoms. The summed E-state index contributed by atoms with van der Waals surface area (Å²) in [6, 6.07) is 17.5. The molecule has 0 radical (unpaired) electrons. The van der Waals surface area contributed by atoms with E-state index in [-0.39, 0.29) is 18.6 Å². The van der Waals surface area contributed by atoms with E-state index in [9.17, 15) is 9.90 Å². The second-order valence-electron chi connectivity index (χ2n) is 8.42. The minimum atomic E-state index is -0.903. The number of allylic oxidation sites excluding steroid dienone is 1. The normalized spacial score (nSPS) is 30.7. The van der Waals surface area contributed by atoms with E-state index >= 15 is 0 Å². The van der Waals surface area contributed by atoms with Crippen molar-refractivity contribution in [2.45, 2.75) is 56.4 Å². The SMILES string of the molecule is C=CCCC[C@]1(C)C(=O)N2[C@@H](CO)[C@H](c3ccccc3)O[C@]2(C)c2ccccc21. The van der Waals surface area contributed by atoms with E-state index in [4.69, 9.17) is 4.74 Å². The molecule has 29 heavy (non-hydrogen) atoms. The third-order valence-corrected chi connectivity index (χ3v) is 6.61. The Morgan fingerprint density at radius 2 is 1.76 bits per heavy atom. The zero-order chi connectivity index (χ0) is 20.6. The maximum absolute atomic E-state index is 13.9. The molecule has 2 aromatic rings. The fourth-order valence-corrected chi connectivity index (χ4v) is 5.07. The predicted molar refractivity (Wildman–Crippen MR) is 113 cm³/mol. The minimum Gasteiger partial charge on any atom is -0.394 e. The first-order chi connectivity index (χ1) is 14.0. The number of aliphatic hydroxyl groups excluding tert-OH is 1.